The second kappa shape index (κ2) is 7.20. The second-order valence-electron chi connectivity index (χ2n) is 4.77. The molecule has 0 heterocycles. The van der Waals surface area contributed by atoms with E-state index in [4.69, 9.17) is 16.3 Å². The zero-order valence-electron chi connectivity index (χ0n) is 11.9. The molecule has 0 aliphatic rings. The molecule has 0 saturated carbocycles. The Balaban J connectivity index is 2.08. The SMILES string of the molecule is CCCOc1ccccc1CNc1cc(Cl)ccc1C. The molecule has 2 rings (SSSR count). The molecule has 1 N–H and O–H groups in total. The summed E-state index contributed by atoms with van der Waals surface area (Å²) in [7, 11) is 0. The summed E-state index contributed by atoms with van der Waals surface area (Å²) in [5, 5.41) is 4.17. The number of rotatable bonds is 6. The molecule has 0 bridgehead atoms. The fraction of sp³-hybridized carbons (Fsp3) is 0.294. The number of para-hydroxylation sites is 1. The van der Waals surface area contributed by atoms with Gasteiger partial charge in [0.1, 0.15) is 5.75 Å². The summed E-state index contributed by atoms with van der Waals surface area (Å²) in [5.74, 6) is 0.946. The summed E-state index contributed by atoms with van der Waals surface area (Å²) in [6, 6.07) is 14.0. The van der Waals surface area contributed by atoms with Gasteiger partial charge in [-0.2, -0.15) is 0 Å². The predicted octanol–water partition coefficient (Wildman–Crippen LogP) is 5.05. The molecule has 106 valence electrons. The van der Waals surface area contributed by atoms with Crippen molar-refractivity contribution in [1.29, 1.82) is 0 Å². The maximum atomic E-state index is 6.03. The van der Waals surface area contributed by atoms with E-state index in [1.165, 1.54) is 5.56 Å². The first-order chi connectivity index (χ1) is 9.70. The number of anilines is 1. The van der Waals surface area contributed by atoms with E-state index in [2.05, 4.69) is 25.2 Å². The number of benzene rings is 2. The van der Waals surface area contributed by atoms with E-state index in [0.717, 1.165) is 41.6 Å². The van der Waals surface area contributed by atoms with Gasteiger partial charge in [-0.15, -0.1) is 0 Å². The number of aryl methyl sites for hydroxylation is 1. The van der Waals surface area contributed by atoms with Crippen molar-refractivity contribution < 1.29 is 4.74 Å². The number of hydrogen-bond donors (Lipinski definition) is 1. The average molecular weight is 290 g/mol. The Hall–Kier alpha value is -1.67. The normalized spacial score (nSPS) is 10.3. The predicted molar refractivity (Wildman–Crippen MR) is 85.7 cm³/mol. The lowest BCUT2D eigenvalue weighted by Gasteiger charge is -2.13. The van der Waals surface area contributed by atoms with Crippen LogP contribution < -0.4 is 10.1 Å². The van der Waals surface area contributed by atoms with Crippen molar-refractivity contribution in [3.63, 3.8) is 0 Å². The van der Waals surface area contributed by atoms with Crippen LogP contribution in [-0.4, -0.2) is 6.61 Å². The Labute approximate surface area is 125 Å². The Morgan fingerprint density at radius 3 is 2.75 bits per heavy atom. The quantitative estimate of drug-likeness (QED) is 0.803. The average Bonchev–Trinajstić information content (AvgIpc) is 2.47. The lowest BCUT2D eigenvalue weighted by atomic mass is 10.1. The number of ether oxygens (including phenoxy) is 1. The smallest absolute Gasteiger partial charge is 0.124 e. The van der Waals surface area contributed by atoms with E-state index in [9.17, 15) is 0 Å². The summed E-state index contributed by atoms with van der Waals surface area (Å²) in [5.41, 5.74) is 3.39. The zero-order chi connectivity index (χ0) is 14.4. The van der Waals surface area contributed by atoms with Gasteiger partial charge in [0.05, 0.1) is 6.61 Å². The molecule has 0 spiro atoms. The van der Waals surface area contributed by atoms with Gasteiger partial charge >= 0.3 is 0 Å². The van der Waals surface area contributed by atoms with Gasteiger partial charge in [-0.1, -0.05) is 42.8 Å². The highest BCUT2D eigenvalue weighted by Gasteiger charge is 2.04. The molecule has 0 aliphatic carbocycles. The van der Waals surface area contributed by atoms with E-state index in [1.54, 1.807) is 0 Å². The van der Waals surface area contributed by atoms with Crippen LogP contribution in [0.1, 0.15) is 24.5 Å². The summed E-state index contributed by atoms with van der Waals surface area (Å²) in [6.45, 7) is 5.64. The lowest BCUT2D eigenvalue weighted by Crippen LogP contribution is -2.04. The van der Waals surface area contributed by atoms with E-state index in [0.29, 0.717) is 0 Å². The Morgan fingerprint density at radius 2 is 1.95 bits per heavy atom. The first kappa shape index (κ1) is 14.7. The molecule has 0 saturated heterocycles. The number of nitrogens with one attached hydrogen (secondary N) is 1. The molecule has 2 aromatic carbocycles. The van der Waals surface area contributed by atoms with Gasteiger partial charge in [0.15, 0.2) is 0 Å². The highest BCUT2D eigenvalue weighted by molar-refractivity contribution is 6.30. The molecule has 2 nitrogen and oxygen atoms in total. The standard InChI is InChI=1S/C17H20ClNO/c1-3-10-20-17-7-5-4-6-14(17)12-19-16-11-15(18)9-8-13(16)2/h4-9,11,19H,3,10,12H2,1-2H3. The lowest BCUT2D eigenvalue weighted by molar-refractivity contribution is 0.314. The topological polar surface area (TPSA) is 21.3 Å². The van der Waals surface area contributed by atoms with Crippen molar-refractivity contribution in [3.05, 3.63) is 58.6 Å². The van der Waals surface area contributed by atoms with Crippen molar-refractivity contribution in [2.75, 3.05) is 11.9 Å². The van der Waals surface area contributed by atoms with Crippen LogP contribution in [0, 0.1) is 6.92 Å². The van der Waals surface area contributed by atoms with E-state index >= 15 is 0 Å². The van der Waals surface area contributed by atoms with Gasteiger partial charge in [0.25, 0.3) is 0 Å². The van der Waals surface area contributed by atoms with E-state index in [-0.39, 0.29) is 0 Å². The van der Waals surface area contributed by atoms with E-state index in [1.807, 2.05) is 36.4 Å². The minimum absolute atomic E-state index is 0.723. The van der Waals surface area contributed by atoms with Crippen molar-refractivity contribution in [2.24, 2.45) is 0 Å². The molecule has 20 heavy (non-hydrogen) atoms. The van der Waals surface area contributed by atoms with Gasteiger partial charge in [-0.25, -0.2) is 0 Å². The number of hydrogen-bond acceptors (Lipinski definition) is 2. The van der Waals surface area contributed by atoms with Gasteiger partial charge < -0.3 is 10.1 Å². The molecular weight excluding hydrogens is 270 g/mol. The summed E-state index contributed by atoms with van der Waals surface area (Å²) in [6.07, 6.45) is 1.01. The van der Waals surface area contributed by atoms with Gasteiger partial charge in [-0.3, -0.25) is 0 Å². The summed E-state index contributed by atoms with van der Waals surface area (Å²) < 4.78 is 5.76. The van der Waals surface area contributed by atoms with Crippen LogP contribution in [0.3, 0.4) is 0 Å². The fourth-order valence-corrected chi connectivity index (χ4v) is 2.15. The van der Waals surface area contributed by atoms with Crippen LogP contribution in [0.15, 0.2) is 42.5 Å². The van der Waals surface area contributed by atoms with Crippen LogP contribution in [0.25, 0.3) is 0 Å². The minimum atomic E-state index is 0.723. The minimum Gasteiger partial charge on any atom is -0.493 e. The maximum Gasteiger partial charge on any atom is 0.124 e. The third-order valence-corrected chi connectivity index (χ3v) is 3.34. The zero-order valence-corrected chi connectivity index (χ0v) is 12.7. The first-order valence-electron chi connectivity index (χ1n) is 6.91. The molecule has 2 aromatic rings. The molecule has 3 heteroatoms. The third-order valence-electron chi connectivity index (χ3n) is 3.10. The highest BCUT2D eigenvalue weighted by Crippen LogP contribution is 2.23. The molecule has 0 fully saturated rings. The Bertz CT molecular complexity index is 569. The number of halogens is 1. The summed E-state index contributed by atoms with van der Waals surface area (Å²) in [4.78, 5) is 0. The molecule has 0 unspecified atom stereocenters. The summed E-state index contributed by atoms with van der Waals surface area (Å²) >= 11 is 6.03. The largest absolute Gasteiger partial charge is 0.493 e. The molecule has 0 atom stereocenters. The first-order valence-corrected chi connectivity index (χ1v) is 7.29. The molecule has 0 amide bonds. The Kier molecular flexibility index (Phi) is 5.31. The maximum absolute atomic E-state index is 6.03. The Morgan fingerprint density at radius 1 is 1.15 bits per heavy atom. The van der Waals surface area contributed by atoms with E-state index < -0.39 is 0 Å². The second-order valence-corrected chi connectivity index (χ2v) is 5.21. The van der Waals surface area contributed by atoms with Crippen LogP contribution in [0.4, 0.5) is 5.69 Å². The van der Waals surface area contributed by atoms with Crippen molar-refractivity contribution in [2.45, 2.75) is 26.8 Å². The van der Waals surface area contributed by atoms with Crippen LogP contribution in [-0.2, 0) is 6.54 Å². The monoisotopic (exact) mass is 289 g/mol. The highest BCUT2D eigenvalue weighted by atomic mass is 35.5. The molecule has 0 aromatic heterocycles. The van der Waals surface area contributed by atoms with Gasteiger partial charge in [0, 0.05) is 22.8 Å². The van der Waals surface area contributed by atoms with Crippen molar-refractivity contribution in [1.82, 2.24) is 0 Å². The molecular formula is C17H20ClNO. The van der Waals surface area contributed by atoms with Gasteiger partial charge in [0.2, 0.25) is 0 Å². The van der Waals surface area contributed by atoms with Crippen molar-refractivity contribution in [3.8, 4) is 5.75 Å². The molecule has 0 aliphatic heterocycles. The van der Waals surface area contributed by atoms with Crippen LogP contribution in [0.5, 0.6) is 5.75 Å². The van der Waals surface area contributed by atoms with Crippen molar-refractivity contribution >= 4 is 17.3 Å². The third kappa shape index (κ3) is 3.91. The fourth-order valence-electron chi connectivity index (χ4n) is 1.98. The van der Waals surface area contributed by atoms with Gasteiger partial charge in [-0.05, 0) is 37.1 Å². The molecule has 0 radical (unpaired) electrons. The van der Waals surface area contributed by atoms with Crippen LogP contribution >= 0.6 is 11.6 Å². The van der Waals surface area contributed by atoms with Crippen LogP contribution in [0.2, 0.25) is 5.02 Å².